The van der Waals surface area contributed by atoms with Crippen LogP contribution in [0.5, 0.6) is 11.5 Å². The molecule has 50 heavy (non-hydrogen) atoms. The summed E-state index contributed by atoms with van der Waals surface area (Å²) in [5.41, 5.74) is 13.5. The molecular formula is C45H48N4O. The van der Waals surface area contributed by atoms with Gasteiger partial charge in [0.1, 0.15) is 17.3 Å². The smallest absolute Gasteiger partial charge is 0.137 e. The number of para-hydroxylation sites is 1. The standard InChI is InChI=1S/C45H48N4O/c1-8-9-16-41-45(44-32(6)24-31(5)25-33(44)7)39(21-18-29(2)3)47-49(41)34-13-12-14-35(27-34)50-36-19-20-38-37-15-10-11-17-40(37)48(42(38)28-36)43-26-30(4)22-23-46-43/h10-15,17,19-20,22-29H,8-9,16,18,21H2,1-7H3. The summed E-state index contributed by atoms with van der Waals surface area (Å²) in [5, 5.41) is 7.77. The molecule has 3 heterocycles. The molecule has 7 aromatic rings. The van der Waals surface area contributed by atoms with Crippen molar-refractivity contribution in [2.75, 3.05) is 0 Å². The maximum atomic E-state index is 6.66. The number of hydrogen-bond acceptors (Lipinski definition) is 3. The quantitative estimate of drug-likeness (QED) is 0.139. The van der Waals surface area contributed by atoms with Crippen LogP contribution in [-0.4, -0.2) is 19.3 Å². The van der Waals surface area contributed by atoms with E-state index in [0.717, 1.165) is 66.1 Å². The molecule has 0 aliphatic rings. The van der Waals surface area contributed by atoms with E-state index in [1.54, 1.807) is 0 Å². The van der Waals surface area contributed by atoms with E-state index >= 15 is 0 Å². The van der Waals surface area contributed by atoms with Gasteiger partial charge in [0.05, 0.1) is 28.1 Å². The van der Waals surface area contributed by atoms with Gasteiger partial charge in [0.25, 0.3) is 0 Å². The average molecular weight is 661 g/mol. The van der Waals surface area contributed by atoms with E-state index in [0.29, 0.717) is 5.92 Å². The molecule has 0 amide bonds. The lowest BCUT2D eigenvalue weighted by atomic mass is 9.89. The molecule has 0 atom stereocenters. The van der Waals surface area contributed by atoms with Gasteiger partial charge >= 0.3 is 0 Å². The van der Waals surface area contributed by atoms with Gasteiger partial charge < -0.3 is 4.74 Å². The number of unbranched alkanes of at least 4 members (excludes halogenated alkanes) is 1. The molecule has 0 fully saturated rings. The number of hydrogen-bond donors (Lipinski definition) is 0. The third-order valence-electron chi connectivity index (χ3n) is 9.78. The monoisotopic (exact) mass is 660 g/mol. The summed E-state index contributed by atoms with van der Waals surface area (Å²) in [4.78, 5) is 4.75. The Kier molecular flexibility index (Phi) is 9.33. The fraction of sp³-hybridized carbons (Fsp3) is 0.289. The summed E-state index contributed by atoms with van der Waals surface area (Å²) in [6.07, 6.45) is 7.12. The highest BCUT2D eigenvalue weighted by molar-refractivity contribution is 6.09. The molecule has 0 saturated heterocycles. The lowest BCUT2D eigenvalue weighted by Crippen LogP contribution is -2.04. The van der Waals surface area contributed by atoms with Crippen molar-refractivity contribution >= 4 is 21.8 Å². The normalized spacial score (nSPS) is 11.7. The van der Waals surface area contributed by atoms with E-state index in [2.05, 4.69) is 137 Å². The molecule has 0 bridgehead atoms. The van der Waals surface area contributed by atoms with Gasteiger partial charge in [0.15, 0.2) is 0 Å². The summed E-state index contributed by atoms with van der Waals surface area (Å²) in [5.74, 6) is 3.06. The molecule has 0 aliphatic carbocycles. The second-order valence-electron chi connectivity index (χ2n) is 14.3. The van der Waals surface area contributed by atoms with Gasteiger partial charge in [-0.05, 0) is 124 Å². The fourth-order valence-electron chi connectivity index (χ4n) is 7.47. The van der Waals surface area contributed by atoms with E-state index in [9.17, 15) is 0 Å². The van der Waals surface area contributed by atoms with Crippen LogP contribution in [0.25, 0.3) is 44.4 Å². The van der Waals surface area contributed by atoms with E-state index in [1.807, 2.05) is 18.3 Å². The number of aromatic nitrogens is 4. The summed E-state index contributed by atoms with van der Waals surface area (Å²) in [6.45, 7) is 15.7. The Morgan fingerprint density at radius 3 is 2.22 bits per heavy atom. The Morgan fingerprint density at radius 1 is 0.700 bits per heavy atom. The van der Waals surface area contributed by atoms with Crippen LogP contribution in [0.4, 0.5) is 0 Å². The lowest BCUT2D eigenvalue weighted by Gasteiger charge is -2.16. The predicted molar refractivity (Wildman–Crippen MR) is 208 cm³/mol. The Hall–Kier alpha value is -5.16. The van der Waals surface area contributed by atoms with Gasteiger partial charge in [-0.2, -0.15) is 5.10 Å². The van der Waals surface area contributed by atoms with E-state index in [-0.39, 0.29) is 0 Å². The summed E-state index contributed by atoms with van der Waals surface area (Å²) >= 11 is 0. The Morgan fingerprint density at radius 2 is 1.46 bits per heavy atom. The Bertz CT molecular complexity index is 2300. The molecule has 5 nitrogen and oxygen atoms in total. The van der Waals surface area contributed by atoms with Crippen molar-refractivity contribution in [1.82, 2.24) is 19.3 Å². The molecule has 0 radical (unpaired) electrons. The SMILES string of the molecule is CCCCc1c(-c2c(C)cc(C)cc2C)c(CCC(C)C)nn1-c1cccc(Oc2ccc3c4ccccc4n(-c4cc(C)ccn4)c3c2)c1. The first-order valence-electron chi connectivity index (χ1n) is 18.1. The first-order chi connectivity index (χ1) is 24.2. The number of benzene rings is 4. The topological polar surface area (TPSA) is 44.9 Å². The maximum absolute atomic E-state index is 6.66. The molecule has 0 unspecified atom stereocenters. The highest BCUT2D eigenvalue weighted by atomic mass is 16.5. The fourth-order valence-corrected chi connectivity index (χ4v) is 7.47. The van der Waals surface area contributed by atoms with Gasteiger partial charge in [-0.3, -0.25) is 4.57 Å². The van der Waals surface area contributed by atoms with E-state index in [4.69, 9.17) is 14.8 Å². The summed E-state index contributed by atoms with van der Waals surface area (Å²) in [7, 11) is 0. The number of aryl methyl sites for hydroxylation is 5. The third-order valence-corrected chi connectivity index (χ3v) is 9.78. The van der Waals surface area contributed by atoms with Gasteiger partial charge in [-0.1, -0.05) is 69.2 Å². The van der Waals surface area contributed by atoms with Crippen molar-refractivity contribution in [2.45, 2.75) is 80.6 Å². The first-order valence-corrected chi connectivity index (χ1v) is 18.1. The van der Waals surface area contributed by atoms with Crippen LogP contribution >= 0.6 is 0 Å². The van der Waals surface area contributed by atoms with Crippen molar-refractivity contribution in [3.8, 4) is 34.1 Å². The summed E-state index contributed by atoms with van der Waals surface area (Å²) in [6, 6.07) is 32.1. The molecule has 0 N–H and O–H groups in total. The molecule has 0 aliphatic heterocycles. The number of ether oxygens (including phenoxy) is 1. The number of nitrogens with zero attached hydrogens (tertiary/aromatic N) is 4. The minimum atomic E-state index is 0.599. The minimum absolute atomic E-state index is 0.599. The molecule has 0 saturated carbocycles. The first kappa shape index (κ1) is 33.3. The highest BCUT2D eigenvalue weighted by Crippen LogP contribution is 2.38. The van der Waals surface area contributed by atoms with Crippen LogP contribution in [0, 0.1) is 33.6 Å². The van der Waals surface area contributed by atoms with Crippen LogP contribution in [0.2, 0.25) is 0 Å². The van der Waals surface area contributed by atoms with E-state index in [1.165, 1.54) is 55.5 Å². The van der Waals surface area contributed by atoms with Crippen LogP contribution in [-0.2, 0) is 12.8 Å². The number of pyridine rings is 1. The van der Waals surface area contributed by atoms with Gasteiger partial charge in [0.2, 0.25) is 0 Å². The summed E-state index contributed by atoms with van der Waals surface area (Å²) < 4.78 is 11.1. The lowest BCUT2D eigenvalue weighted by molar-refractivity contribution is 0.482. The van der Waals surface area contributed by atoms with Gasteiger partial charge in [-0.25, -0.2) is 9.67 Å². The molecule has 254 valence electrons. The third kappa shape index (κ3) is 6.45. The Labute approximate surface area is 296 Å². The largest absolute Gasteiger partial charge is 0.457 e. The van der Waals surface area contributed by atoms with Crippen LogP contribution in [0.15, 0.2) is 97.2 Å². The second kappa shape index (κ2) is 14.0. The van der Waals surface area contributed by atoms with E-state index < -0.39 is 0 Å². The van der Waals surface area contributed by atoms with Crippen molar-refractivity contribution in [3.63, 3.8) is 0 Å². The van der Waals surface area contributed by atoms with Crippen molar-refractivity contribution in [1.29, 1.82) is 0 Å². The highest BCUT2D eigenvalue weighted by Gasteiger charge is 2.23. The Balaban J connectivity index is 1.32. The van der Waals surface area contributed by atoms with Gasteiger partial charge in [0, 0.05) is 34.7 Å². The zero-order valence-corrected chi connectivity index (χ0v) is 30.5. The van der Waals surface area contributed by atoms with Crippen molar-refractivity contribution in [2.24, 2.45) is 5.92 Å². The zero-order valence-electron chi connectivity index (χ0n) is 30.5. The molecule has 7 rings (SSSR count). The molecule has 3 aromatic heterocycles. The van der Waals surface area contributed by atoms with Crippen molar-refractivity contribution in [3.05, 3.63) is 131 Å². The molecule has 0 spiro atoms. The molecule has 4 aromatic carbocycles. The van der Waals surface area contributed by atoms with Crippen LogP contribution in [0.1, 0.15) is 73.7 Å². The van der Waals surface area contributed by atoms with Crippen LogP contribution < -0.4 is 4.74 Å². The zero-order chi connectivity index (χ0) is 34.9. The minimum Gasteiger partial charge on any atom is -0.457 e. The van der Waals surface area contributed by atoms with Crippen LogP contribution in [0.3, 0.4) is 0 Å². The molecular weight excluding hydrogens is 613 g/mol. The second-order valence-corrected chi connectivity index (χ2v) is 14.3. The maximum Gasteiger partial charge on any atom is 0.137 e. The molecule has 5 heteroatoms. The van der Waals surface area contributed by atoms with Crippen molar-refractivity contribution < 1.29 is 4.74 Å². The predicted octanol–water partition coefficient (Wildman–Crippen LogP) is 12.0. The number of fused-ring (bicyclic) bond motifs is 3. The van der Waals surface area contributed by atoms with Gasteiger partial charge in [-0.15, -0.1) is 0 Å². The average Bonchev–Trinajstić information content (AvgIpc) is 3.61. The number of rotatable bonds is 11.